The van der Waals surface area contributed by atoms with Crippen molar-refractivity contribution in [2.24, 2.45) is 0 Å². The standard InChI is InChI=1S/C38H22/c1-4-23-10-12-27-14-18-31(33-20-16-25(6-1)35(23)37(27)33)29-8-3-9-30(22-29)32-19-15-28-13-11-24-5-2-7-26-17-21-34(32)38(28)36(24)26/h1-22H/i1D,2D,3D,4D,5D,6D,7D,8D,9D,10D,11D,12D,13D,14D,15D,16D,17D,18D,19D,20D,21D,22D. The quantitative estimate of drug-likeness (QED) is 0.207. The van der Waals surface area contributed by atoms with Gasteiger partial charge in [0.05, 0.1) is 30.2 Å². The van der Waals surface area contributed by atoms with Crippen LogP contribution in [0.1, 0.15) is 30.2 Å². The molecule has 0 bridgehead atoms. The Labute approximate surface area is 251 Å². The van der Waals surface area contributed by atoms with Crippen LogP contribution in [0.4, 0.5) is 0 Å². The summed E-state index contributed by atoms with van der Waals surface area (Å²) in [6.07, 6.45) is 0. The molecular formula is C38H22. The predicted octanol–water partition coefficient (Wildman–Crippen LogP) is 10.8. The molecule has 0 saturated carbocycles. The summed E-state index contributed by atoms with van der Waals surface area (Å²) in [4.78, 5) is 0. The summed E-state index contributed by atoms with van der Waals surface area (Å²) in [5.74, 6) is 0. The maximum atomic E-state index is 9.66. The monoisotopic (exact) mass is 500 g/mol. The summed E-state index contributed by atoms with van der Waals surface area (Å²) >= 11 is 0. The van der Waals surface area contributed by atoms with Gasteiger partial charge in [-0.05, 0) is 92.9 Å². The van der Waals surface area contributed by atoms with E-state index in [1.165, 1.54) is 0 Å². The number of hydrogen-bond acceptors (Lipinski definition) is 0. The largest absolute Gasteiger partial charge is 0.0636 e. The van der Waals surface area contributed by atoms with Crippen molar-refractivity contribution in [1.29, 1.82) is 0 Å². The molecule has 0 aliphatic carbocycles. The van der Waals surface area contributed by atoms with Crippen molar-refractivity contribution in [2.75, 3.05) is 0 Å². The minimum atomic E-state index is -0.940. The molecule has 38 heavy (non-hydrogen) atoms. The second-order valence-electron chi connectivity index (χ2n) is 8.75. The Hall–Kier alpha value is -4.94. The Bertz CT molecular complexity index is 3280. The van der Waals surface area contributed by atoms with Gasteiger partial charge in [-0.2, -0.15) is 0 Å². The lowest BCUT2D eigenvalue weighted by Gasteiger charge is -2.16. The van der Waals surface area contributed by atoms with Crippen molar-refractivity contribution in [3.63, 3.8) is 0 Å². The van der Waals surface area contributed by atoms with E-state index in [1.807, 2.05) is 0 Å². The van der Waals surface area contributed by atoms with Crippen molar-refractivity contribution in [3.05, 3.63) is 133 Å². The highest BCUT2D eigenvalue weighted by molar-refractivity contribution is 6.27. The Balaban J connectivity index is 1.55. The molecule has 9 rings (SSSR count). The molecule has 0 N–H and O–H groups in total. The van der Waals surface area contributed by atoms with Crippen LogP contribution >= 0.6 is 0 Å². The SMILES string of the molecule is [2H]c1c([2H])c(-c2c([2H])c([2H])c3c([2H])c([2H])c4c([2H])c([2H])c([2H])c5c([2H])c([2H])c2c3c45)c([2H])c(-c2c([2H])c([2H])c3c([2H])c([2H])c4c([2H])c([2H])c([2H])c5c([2H])c([2H])c2c3c45)c1[2H]. The number of hydrogen-bond donors (Lipinski definition) is 0. The zero-order valence-electron chi connectivity index (χ0n) is 41.0. The average Bonchev–Trinajstić information content (AvgIpc) is 3.20. The lowest BCUT2D eigenvalue weighted by molar-refractivity contribution is 1.64. The van der Waals surface area contributed by atoms with Gasteiger partial charge < -0.3 is 0 Å². The van der Waals surface area contributed by atoms with Crippen molar-refractivity contribution in [1.82, 2.24) is 0 Å². The van der Waals surface area contributed by atoms with Gasteiger partial charge in [-0.3, -0.25) is 0 Å². The molecule has 0 aliphatic heterocycles. The molecule has 0 nitrogen and oxygen atoms in total. The van der Waals surface area contributed by atoms with Gasteiger partial charge in [0.1, 0.15) is 0 Å². The van der Waals surface area contributed by atoms with Crippen molar-refractivity contribution < 1.29 is 30.2 Å². The zero-order chi connectivity index (χ0) is 43.9. The van der Waals surface area contributed by atoms with Gasteiger partial charge in [0, 0.05) is 0 Å². The summed E-state index contributed by atoms with van der Waals surface area (Å²) in [7, 11) is 0. The van der Waals surface area contributed by atoms with Gasteiger partial charge in [-0.25, -0.2) is 0 Å². The molecule has 174 valence electrons. The fourth-order valence-electron chi connectivity index (χ4n) is 5.09. The van der Waals surface area contributed by atoms with Gasteiger partial charge >= 0.3 is 0 Å². The second kappa shape index (κ2) is 7.31. The number of rotatable bonds is 2. The van der Waals surface area contributed by atoms with Crippen molar-refractivity contribution in [2.45, 2.75) is 0 Å². The maximum Gasteiger partial charge on any atom is 0.0636 e. The third-order valence-electron chi connectivity index (χ3n) is 6.75. The van der Waals surface area contributed by atoms with E-state index in [-0.39, 0.29) is 43.1 Å². The van der Waals surface area contributed by atoms with Crippen LogP contribution in [0.3, 0.4) is 0 Å². The molecule has 9 aromatic carbocycles. The van der Waals surface area contributed by atoms with Crippen LogP contribution in [-0.2, 0) is 0 Å². The highest BCUT2D eigenvalue weighted by Crippen LogP contribution is 2.42. The Morgan fingerprint density at radius 3 is 1.11 bits per heavy atom. The summed E-state index contributed by atoms with van der Waals surface area (Å²) in [6, 6.07) is -16.5. The minimum Gasteiger partial charge on any atom is -0.0610 e. The topological polar surface area (TPSA) is 0 Å². The Morgan fingerprint density at radius 2 is 0.658 bits per heavy atom. The molecular weight excluding hydrogens is 456 g/mol. The summed E-state index contributed by atoms with van der Waals surface area (Å²) in [5.41, 5.74) is -2.59. The summed E-state index contributed by atoms with van der Waals surface area (Å²) in [6.45, 7) is 0. The van der Waals surface area contributed by atoms with E-state index in [0.717, 1.165) is 0 Å². The van der Waals surface area contributed by atoms with Gasteiger partial charge in [0.2, 0.25) is 0 Å². The molecule has 0 heteroatoms. The first-order valence-electron chi connectivity index (χ1n) is 22.5. The summed E-state index contributed by atoms with van der Waals surface area (Å²) in [5, 5.41) is -4.06. The fraction of sp³-hybridized carbons (Fsp3) is 0. The Kier molecular flexibility index (Phi) is 1.64. The Morgan fingerprint density at radius 1 is 0.316 bits per heavy atom. The van der Waals surface area contributed by atoms with Gasteiger partial charge in [-0.1, -0.05) is 127 Å². The third kappa shape index (κ3) is 2.64. The molecule has 0 atom stereocenters. The lowest BCUT2D eigenvalue weighted by Crippen LogP contribution is -1.89. The highest BCUT2D eigenvalue weighted by Gasteiger charge is 2.15. The maximum absolute atomic E-state index is 9.66. The fourth-order valence-corrected chi connectivity index (χ4v) is 5.09. The average molecular weight is 501 g/mol. The zero-order valence-corrected chi connectivity index (χ0v) is 19.0. The molecule has 0 amide bonds. The van der Waals surface area contributed by atoms with Gasteiger partial charge in [0.15, 0.2) is 0 Å². The van der Waals surface area contributed by atoms with E-state index >= 15 is 0 Å². The van der Waals surface area contributed by atoms with Crippen LogP contribution in [0.5, 0.6) is 0 Å². The molecule has 0 fully saturated rings. The first kappa shape index (κ1) is 8.55. The molecule has 0 unspecified atom stereocenters. The van der Waals surface area contributed by atoms with E-state index in [9.17, 15) is 6.85 Å². The van der Waals surface area contributed by atoms with E-state index in [0.29, 0.717) is 0 Å². The van der Waals surface area contributed by atoms with Crippen molar-refractivity contribution >= 4 is 64.6 Å². The van der Waals surface area contributed by atoms with Crippen molar-refractivity contribution in [3.8, 4) is 22.3 Å². The molecule has 0 spiro atoms. The van der Waals surface area contributed by atoms with Gasteiger partial charge in [0.25, 0.3) is 0 Å². The van der Waals surface area contributed by atoms with Crippen LogP contribution in [0.15, 0.2) is 133 Å². The van der Waals surface area contributed by atoms with Crippen LogP contribution in [0.2, 0.25) is 0 Å². The molecule has 9 aromatic rings. The van der Waals surface area contributed by atoms with Crippen LogP contribution in [0.25, 0.3) is 86.9 Å². The first-order chi connectivity index (χ1) is 28.0. The minimum absolute atomic E-state index is 0.219. The van der Waals surface area contributed by atoms with Gasteiger partial charge in [-0.15, -0.1) is 0 Å². The van der Waals surface area contributed by atoms with Crippen LogP contribution in [0, 0.1) is 0 Å². The van der Waals surface area contributed by atoms with E-state index in [1.54, 1.807) is 0 Å². The van der Waals surface area contributed by atoms with E-state index < -0.39 is 177 Å². The van der Waals surface area contributed by atoms with E-state index in [2.05, 4.69) is 0 Å². The van der Waals surface area contributed by atoms with Crippen LogP contribution in [-0.4, -0.2) is 0 Å². The molecule has 0 heterocycles. The second-order valence-corrected chi connectivity index (χ2v) is 8.75. The summed E-state index contributed by atoms with van der Waals surface area (Å²) < 4.78 is 196. The molecule has 0 aromatic heterocycles. The first-order valence-corrected chi connectivity index (χ1v) is 11.5. The lowest BCUT2D eigenvalue weighted by atomic mass is 9.87. The highest BCUT2D eigenvalue weighted by atomic mass is 14.2. The number of benzene rings is 9. The predicted molar refractivity (Wildman–Crippen MR) is 165 cm³/mol. The normalized spacial score (nSPS) is 20.3. The molecule has 0 aliphatic rings. The smallest absolute Gasteiger partial charge is 0.0610 e. The molecule has 0 saturated heterocycles. The van der Waals surface area contributed by atoms with E-state index in [4.69, 9.17) is 23.3 Å². The molecule has 0 radical (unpaired) electrons. The van der Waals surface area contributed by atoms with Crippen LogP contribution < -0.4 is 0 Å². The third-order valence-corrected chi connectivity index (χ3v) is 6.75.